The van der Waals surface area contributed by atoms with Crippen LogP contribution in [0.15, 0.2) is 48.8 Å². The summed E-state index contributed by atoms with van der Waals surface area (Å²) in [6.45, 7) is 2.53. The number of carbonyl (C=O) groups excluding carboxylic acids is 1. The summed E-state index contributed by atoms with van der Waals surface area (Å²) in [4.78, 5) is 15.8. The molecule has 2 rings (SSSR count). The van der Waals surface area contributed by atoms with Crippen molar-refractivity contribution >= 4 is 29.4 Å². The number of carbonyl (C=O) groups is 1. The molecule has 2 aromatic rings. The van der Waals surface area contributed by atoms with Crippen molar-refractivity contribution in [1.82, 2.24) is 10.3 Å². The predicted octanol–water partition coefficient (Wildman–Crippen LogP) is 3.48. The fourth-order valence-corrected chi connectivity index (χ4v) is 2.08. The number of urea groups is 1. The Hall–Kier alpha value is -2.21. The van der Waals surface area contributed by atoms with Gasteiger partial charge in [-0.1, -0.05) is 24.9 Å². The first kappa shape index (κ1) is 15.2. The molecule has 1 heterocycles. The minimum Gasteiger partial charge on any atom is -0.334 e. The van der Waals surface area contributed by atoms with Crippen LogP contribution in [0, 0.1) is 0 Å². The maximum atomic E-state index is 11.8. The second-order valence-corrected chi connectivity index (χ2v) is 5.35. The summed E-state index contributed by atoms with van der Waals surface area (Å²) in [7, 11) is 0. The van der Waals surface area contributed by atoms with Crippen molar-refractivity contribution in [3.05, 3.63) is 54.4 Å². The summed E-state index contributed by atoms with van der Waals surface area (Å²) in [5.74, 6) is 0.997. The molecule has 110 valence electrons. The number of amides is 2. The van der Waals surface area contributed by atoms with Crippen LogP contribution in [0.4, 0.5) is 16.2 Å². The van der Waals surface area contributed by atoms with Crippen molar-refractivity contribution < 1.29 is 4.79 Å². The van der Waals surface area contributed by atoms with E-state index in [1.54, 1.807) is 24.3 Å². The molecule has 3 N–H and O–H groups in total. The number of pyridine rings is 1. The third-order valence-corrected chi connectivity index (χ3v) is 3.32. The monoisotopic (exact) mass is 302 g/mol. The highest BCUT2D eigenvalue weighted by Crippen LogP contribution is 2.16. The van der Waals surface area contributed by atoms with Gasteiger partial charge in [0.15, 0.2) is 0 Å². The van der Waals surface area contributed by atoms with Gasteiger partial charge >= 0.3 is 6.03 Å². The first-order chi connectivity index (χ1) is 10.3. The van der Waals surface area contributed by atoms with Gasteiger partial charge < -0.3 is 15.4 Å². The highest BCUT2D eigenvalue weighted by molar-refractivity contribution is 8.00. The van der Waals surface area contributed by atoms with E-state index < -0.39 is 0 Å². The molecule has 1 aromatic heterocycles. The average molecular weight is 302 g/mol. The molecule has 21 heavy (non-hydrogen) atoms. The third-order valence-electron chi connectivity index (χ3n) is 2.65. The van der Waals surface area contributed by atoms with E-state index in [0.717, 1.165) is 22.7 Å². The molecule has 0 saturated heterocycles. The molecule has 0 aliphatic carbocycles. The molecule has 0 aliphatic rings. The van der Waals surface area contributed by atoms with Gasteiger partial charge in [0.2, 0.25) is 0 Å². The summed E-state index contributed by atoms with van der Waals surface area (Å²) in [6, 6.07) is 11.1. The van der Waals surface area contributed by atoms with E-state index in [2.05, 4.69) is 27.3 Å². The molecule has 0 fully saturated rings. The lowest BCUT2D eigenvalue weighted by Gasteiger charge is -2.09. The smallest absolute Gasteiger partial charge is 0.319 e. The second kappa shape index (κ2) is 8.16. The van der Waals surface area contributed by atoms with Crippen LogP contribution in [0.2, 0.25) is 0 Å². The maximum Gasteiger partial charge on any atom is 0.319 e. The highest BCUT2D eigenvalue weighted by atomic mass is 32.2. The predicted molar refractivity (Wildman–Crippen MR) is 88.3 cm³/mol. The Labute approximate surface area is 128 Å². The molecule has 0 radical (unpaired) electrons. The second-order valence-electron chi connectivity index (χ2n) is 4.28. The molecule has 0 bridgehead atoms. The Bertz CT molecular complexity index is 560. The largest absolute Gasteiger partial charge is 0.334 e. The number of nitrogens with one attached hydrogen (secondary N) is 3. The quantitative estimate of drug-likeness (QED) is 0.715. The summed E-state index contributed by atoms with van der Waals surface area (Å²) < 4.78 is 3.20. The number of nitrogens with zero attached hydrogens (tertiary/aromatic N) is 1. The van der Waals surface area contributed by atoms with Crippen LogP contribution >= 0.6 is 11.9 Å². The van der Waals surface area contributed by atoms with E-state index in [0.29, 0.717) is 6.54 Å². The molecule has 0 unspecified atom stereocenters. The van der Waals surface area contributed by atoms with Crippen molar-refractivity contribution in [1.29, 1.82) is 0 Å². The van der Waals surface area contributed by atoms with Gasteiger partial charge in [-0.15, -0.1) is 0 Å². The Morgan fingerprint density at radius 1 is 1.19 bits per heavy atom. The zero-order chi connectivity index (χ0) is 14.9. The number of hydrogen-bond acceptors (Lipinski definition) is 4. The van der Waals surface area contributed by atoms with E-state index in [1.165, 1.54) is 0 Å². The van der Waals surface area contributed by atoms with Gasteiger partial charge in [0.05, 0.1) is 0 Å². The molecule has 0 spiro atoms. The molecule has 1 aromatic carbocycles. The fourth-order valence-electron chi connectivity index (χ4n) is 1.64. The number of hydrogen-bond donors (Lipinski definition) is 3. The SMILES string of the molecule is CCSNc1ccc(NC(=O)NCc2cccnc2)cc1. The zero-order valence-electron chi connectivity index (χ0n) is 11.8. The molecule has 0 saturated carbocycles. The van der Waals surface area contributed by atoms with Crippen LogP contribution < -0.4 is 15.4 Å². The standard InChI is InChI=1S/C15H18N4OS/c1-2-21-19-14-7-5-13(6-8-14)18-15(20)17-11-12-4-3-9-16-10-12/h3-10,19H,2,11H2,1H3,(H2,17,18,20). The van der Waals surface area contributed by atoms with Gasteiger partial charge in [-0.2, -0.15) is 0 Å². The van der Waals surface area contributed by atoms with Crippen LogP contribution in [0.25, 0.3) is 0 Å². The van der Waals surface area contributed by atoms with Crippen molar-refractivity contribution in [3.63, 3.8) is 0 Å². The van der Waals surface area contributed by atoms with E-state index in [9.17, 15) is 4.79 Å². The summed E-state index contributed by atoms with van der Waals surface area (Å²) in [6.07, 6.45) is 3.43. The molecule has 2 amide bonds. The number of anilines is 2. The van der Waals surface area contributed by atoms with Crippen LogP contribution in [0.3, 0.4) is 0 Å². The van der Waals surface area contributed by atoms with E-state index in [4.69, 9.17) is 0 Å². The molecule has 0 aliphatic heterocycles. The highest BCUT2D eigenvalue weighted by Gasteiger charge is 2.01. The first-order valence-electron chi connectivity index (χ1n) is 6.69. The van der Waals surface area contributed by atoms with Gasteiger partial charge in [0.25, 0.3) is 0 Å². The summed E-state index contributed by atoms with van der Waals surface area (Å²) in [5.41, 5.74) is 2.73. The van der Waals surface area contributed by atoms with Crippen LogP contribution in [0.5, 0.6) is 0 Å². The Morgan fingerprint density at radius 2 is 1.95 bits per heavy atom. The molecule has 5 nitrogen and oxygen atoms in total. The Kier molecular flexibility index (Phi) is 5.90. The molecule has 6 heteroatoms. The van der Waals surface area contributed by atoms with E-state index >= 15 is 0 Å². The van der Waals surface area contributed by atoms with Crippen molar-refractivity contribution in [2.24, 2.45) is 0 Å². The topological polar surface area (TPSA) is 66.0 Å². The van der Waals surface area contributed by atoms with Gasteiger partial charge in [-0.25, -0.2) is 4.79 Å². The van der Waals surface area contributed by atoms with Gasteiger partial charge in [-0.3, -0.25) is 4.98 Å². The fraction of sp³-hybridized carbons (Fsp3) is 0.200. The Morgan fingerprint density at radius 3 is 2.62 bits per heavy atom. The summed E-state index contributed by atoms with van der Waals surface area (Å²) in [5, 5.41) is 5.58. The van der Waals surface area contributed by atoms with E-state index in [1.807, 2.05) is 36.4 Å². The lowest BCUT2D eigenvalue weighted by atomic mass is 10.3. The average Bonchev–Trinajstić information content (AvgIpc) is 2.53. The molecular weight excluding hydrogens is 284 g/mol. The Balaban J connectivity index is 1.79. The van der Waals surface area contributed by atoms with Gasteiger partial charge in [-0.05, 0) is 35.9 Å². The number of rotatable bonds is 6. The maximum absolute atomic E-state index is 11.8. The van der Waals surface area contributed by atoms with Crippen molar-refractivity contribution in [3.8, 4) is 0 Å². The van der Waals surface area contributed by atoms with Crippen molar-refractivity contribution in [2.45, 2.75) is 13.5 Å². The lowest BCUT2D eigenvalue weighted by Crippen LogP contribution is -2.28. The van der Waals surface area contributed by atoms with Crippen LogP contribution in [-0.4, -0.2) is 16.8 Å². The third kappa shape index (κ3) is 5.35. The minimum absolute atomic E-state index is 0.234. The minimum atomic E-state index is -0.234. The number of aromatic nitrogens is 1. The van der Waals surface area contributed by atoms with Crippen LogP contribution in [-0.2, 0) is 6.54 Å². The first-order valence-corrected chi connectivity index (χ1v) is 7.68. The molecule has 0 atom stereocenters. The van der Waals surface area contributed by atoms with Crippen LogP contribution in [0.1, 0.15) is 12.5 Å². The molecular formula is C15H18N4OS. The van der Waals surface area contributed by atoms with Gasteiger partial charge in [0, 0.05) is 36.1 Å². The summed E-state index contributed by atoms with van der Waals surface area (Å²) >= 11 is 1.63. The van der Waals surface area contributed by atoms with Gasteiger partial charge in [0.1, 0.15) is 0 Å². The van der Waals surface area contributed by atoms with Crippen molar-refractivity contribution in [2.75, 3.05) is 15.8 Å². The van der Waals surface area contributed by atoms with E-state index in [-0.39, 0.29) is 6.03 Å². The zero-order valence-corrected chi connectivity index (χ0v) is 12.6. The normalized spacial score (nSPS) is 9.95. The lowest BCUT2D eigenvalue weighted by molar-refractivity contribution is 0.251. The number of benzene rings is 1.